The van der Waals surface area contributed by atoms with E-state index in [-0.39, 0.29) is 11.9 Å². The van der Waals surface area contributed by atoms with E-state index >= 15 is 0 Å². The van der Waals surface area contributed by atoms with Crippen molar-refractivity contribution in [2.24, 2.45) is 0 Å². The molecular weight excluding hydrogens is 288 g/mol. The molecule has 0 saturated carbocycles. The first-order valence-electron chi connectivity index (χ1n) is 8.07. The van der Waals surface area contributed by atoms with Crippen LogP contribution in [0.5, 0.6) is 11.5 Å². The van der Waals surface area contributed by atoms with Crippen molar-refractivity contribution >= 4 is 11.4 Å². The minimum Gasteiger partial charge on any atom is -0.508 e. The lowest BCUT2D eigenvalue weighted by molar-refractivity contribution is 0.194. The number of anilines is 2. The predicted octanol–water partition coefficient (Wildman–Crippen LogP) is 3.29. The van der Waals surface area contributed by atoms with Gasteiger partial charge in [-0.25, -0.2) is 0 Å². The van der Waals surface area contributed by atoms with Gasteiger partial charge in [0.25, 0.3) is 0 Å². The Morgan fingerprint density at radius 2 is 1.91 bits per heavy atom. The van der Waals surface area contributed by atoms with Crippen molar-refractivity contribution in [3.63, 3.8) is 0 Å². The Balaban J connectivity index is 1.76. The Hall–Kier alpha value is -2.36. The van der Waals surface area contributed by atoms with Crippen molar-refractivity contribution in [3.05, 3.63) is 48.0 Å². The molecule has 0 amide bonds. The summed E-state index contributed by atoms with van der Waals surface area (Å²) in [6, 6.07) is 13.9. The van der Waals surface area contributed by atoms with Gasteiger partial charge in [-0.15, -0.1) is 0 Å². The second kappa shape index (κ2) is 6.41. The number of phenolic OH excluding ortho intramolecular Hbond substituents is 1. The summed E-state index contributed by atoms with van der Waals surface area (Å²) in [5.74, 6) is 1.13. The van der Waals surface area contributed by atoms with E-state index in [4.69, 9.17) is 4.74 Å². The summed E-state index contributed by atoms with van der Waals surface area (Å²) in [5.41, 5.74) is 3.46. The second-order valence-corrected chi connectivity index (χ2v) is 6.20. The quantitative estimate of drug-likeness (QED) is 0.940. The number of rotatable bonds is 4. The summed E-state index contributed by atoms with van der Waals surface area (Å²) in [5, 5.41) is 9.69. The molecule has 1 heterocycles. The molecule has 0 aromatic heterocycles. The summed E-state index contributed by atoms with van der Waals surface area (Å²) in [4.78, 5) is 4.36. The van der Waals surface area contributed by atoms with Gasteiger partial charge in [0.05, 0.1) is 12.2 Å². The molecule has 3 rings (SSSR count). The molecule has 0 saturated heterocycles. The molecule has 0 aliphatic carbocycles. The Kier molecular flexibility index (Phi) is 4.33. The van der Waals surface area contributed by atoms with Crippen molar-refractivity contribution in [1.82, 2.24) is 0 Å². The van der Waals surface area contributed by atoms with Crippen LogP contribution in [0.25, 0.3) is 0 Å². The Bertz CT molecular complexity index is 668. The molecule has 122 valence electrons. The lowest BCUT2D eigenvalue weighted by Crippen LogP contribution is -2.41. The van der Waals surface area contributed by atoms with Crippen molar-refractivity contribution < 1.29 is 9.84 Å². The van der Waals surface area contributed by atoms with Gasteiger partial charge >= 0.3 is 0 Å². The van der Waals surface area contributed by atoms with Crippen LogP contribution in [0.2, 0.25) is 0 Å². The molecule has 1 unspecified atom stereocenters. The topological polar surface area (TPSA) is 35.9 Å². The molecule has 0 fully saturated rings. The van der Waals surface area contributed by atoms with Gasteiger partial charge < -0.3 is 19.6 Å². The summed E-state index contributed by atoms with van der Waals surface area (Å²) in [6.45, 7) is 3.86. The van der Waals surface area contributed by atoms with Gasteiger partial charge in [0.2, 0.25) is 0 Å². The third-order valence-electron chi connectivity index (χ3n) is 4.30. The molecule has 2 aromatic carbocycles. The summed E-state index contributed by atoms with van der Waals surface area (Å²) in [6.07, 6.45) is 1.00. The third-order valence-corrected chi connectivity index (χ3v) is 4.30. The van der Waals surface area contributed by atoms with Crippen LogP contribution in [0.3, 0.4) is 0 Å². The first-order valence-corrected chi connectivity index (χ1v) is 8.07. The average molecular weight is 312 g/mol. The van der Waals surface area contributed by atoms with Gasteiger partial charge in [-0.2, -0.15) is 0 Å². The smallest absolute Gasteiger partial charge is 0.143 e. The molecule has 0 radical (unpaired) electrons. The zero-order valence-electron chi connectivity index (χ0n) is 14.0. The fourth-order valence-corrected chi connectivity index (χ4v) is 3.01. The lowest BCUT2D eigenvalue weighted by atomic mass is 10.0. The molecule has 23 heavy (non-hydrogen) atoms. The molecule has 4 nitrogen and oxygen atoms in total. The van der Waals surface area contributed by atoms with E-state index < -0.39 is 0 Å². The SMILES string of the molecule is CCN1CC(Cc2ccc(N(C)C)cc2)Oc2ccc(O)cc21. The molecule has 0 spiro atoms. The number of aromatic hydroxyl groups is 1. The van der Waals surface area contributed by atoms with E-state index in [2.05, 4.69) is 41.0 Å². The van der Waals surface area contributed by atoms with E-state index in [1.807, 2.05) is 20.2 Å². The Morgan fingerprint density at radius 3 is 2.57 bits per heavy atom. The van der Waals surface area contributed by atoms with Crippen molar-refractivity contribution in [3.8, 4) is 11.5 Å². The Labute approximate surface area is 137 Å². The van der Waals surface area contributed by atoms with Crippen LogP contribution in [0.4, 0.5) is 11.4 Å². The molecule has 0 bridgehead atoms. The van der Waals surface area contributed by atoms with Crippen LogP contribution in [-0.4, -0.2) is 38.4 Å². The number of likely N-dealkylation sites (N-methyl/N-ethyl adjacent to an activating group) is 1. The first-order chi connectivity index (χ1) is 11.1. The van der Waals surface area contributed by atoms with Crippen LogP contribution in [0.1, 0.15) is 12.5 Å². The van der Waals surface area contributed by atoms with Crippen molar-refractivity contribution in [2.45, 2.75) is 19.4 Å². The molecule has 2 aromatic rings. The Morgan fingerprint density at radius 1 is 1.17 bits per heavy atom. The van der Waals surface area contributed by atoms with E-state index in [1.54, 1.807) is 12.1 Å². The highest BCUT2D eigenvalue weighted by molar-refractivity contribution is 5.63. The maximum atomic E-state index is 9.69. The fourth-order valence-electron chi connectivity index (χ4n) is 3.01. The number of hydrogen-bond acceptors (Lipinski definition) is 4. The average Bonchev–Trinajstić information content (AvgIpc) is 2.55. The molecule has 1 aliphatic rings. The summed E-state index contributed by atoms with van der Waals surface area (Å²) < 4.78 is 6.14. The largest absolute Gasteiger partial charge is 0.508 e. The monoisotopic (exact) mass is 312 g/mol. The highest BCUT2D eigenvalue weighted by Gasteiger charge is 2.25. The minimum atomic E-state index is 0.122. The second-order valence-electron chi connectivity index (χ2n) is 6.20. The summed E-state index contributed by atoms with van der Waals surface area (Å²) >= 11 is 0. The molecule has 1 N–H and O–H groups in total. The molecule has 1 aliphatic heterocycles. The number of benzene rings is 2. The standard InChI is InChI=1S/C19H24N2O2/c1-4-21-13-17(23-19-10-9-16(22)12-18(19)21)11-14-5-7-15(8-6-14)20(2)3/h5-10,12,17,22H,4,11,13H2,1-3H3. The van der Waals surface area contributed by atoms with Gasteiger partial charge in [-0.05, 0) is 36.8 Å². The van der Waals surface area contributed by atoms with E-state index in [1.165, 1.54) is 11.3 Å². The maximum absolute atomic E-state index is 9.69. The van der Waals surface area contributed by atoms with Gasteiger partial charge in [-0.1, -0.05) is 12.1 Å². The number of nitrogens with zero attached hydrogens (tertiary/aromatic N) is 2. The van der Waals surface area contributed by atoms with Gasteiger partial charge in [-0.3, -0.25) is 0 Å². The first kappa shape index (κ1) is 15.5. The van der Waals surface area contributed by atoms with Crippen LogP contribution < -0.4 is 14.5 Å². The highest BCUT2D eigenvalue weighted by Crippen LogP contribution is 2.36. The highest BCUT2D eigenvalue weighted by atomic mass is 16.5. The van der Waals surface area contributed by atoms with Gasteiger partial charge in [0, 0.05) is 38.8 Å². The number of phenols is 1. The van der Waals surface area contributed by atoms with E-state index in [0.717, 1.165) is 30.9 Å². The fraction of sp³-hybridized carbons (Fsp3) is 0.368. The van der Waals surface area contributed by atoms with Crippen LogP contribution >= 0.6 is 0 Å². The van der Waals surface area contributed by atoms with Crippen LogP contribution in [0, 0.1) is 0 Å². The van der Waals surface area contributed by atoms with Crippen molar-refractivity contribution in [2.75, 3.05) is 37.0 Å². The third kappa shape index (κ3) is 3.36. The molecule has 1 atom stereocenters. The van der Waals surface area contributed by atoms with E-state index in [0.29, 0.717) is 0 Å². The molecular formula is C19H24N2O2. The lowest BCUT2D eigenvalue weighted by Gasteiger charge is -2.36. The maximum Gasteiger partial charge on any atom is 0.143 e. The van der Waals surface area contributed by atoms with Crippen molar-refractivity contribution in [1.29, 1.82) is 0 Å². The predicted molar refractivity (Wildman–Crippen MR) is 94.9 cm³/mol. The van der Waals surface area contributed by atoms with Crippen LogP contribution in [-0.2, 0) is 6.42 Å². The number of hydrogen-bond donors (Lipinski definition) is 1. The molecule has 4 heteroatoms. The summed E-state index contributed by atoms with van der Waals surface area (Å²) in [7, 11) is 4.09. The normalized spacial score (nSPS) is 16.7. The van der Waals surface area contributed by atoms with Crippen LogP contribution in [0.15, 0.2) is 42.5 Å². The van der Waals surface area contributed by atoms with Gasteiger partial charge in [0.15, 0.2) is 0 Å². The zero-order chi connectivity index (χ0) is 16.4. The zero-order valence-corrected chi connectivity index (χ0v) is 14.0. The minimum absolute atomic E-state index is 0.122. The van der Waals surface area contributed by atoms with E-state index in [9.17, 15) is 5.11 Å². The van der Waals surface area contributed by atoms with Gasteiger partial charge in [0.1, 0.15) is 17.6 Å². The number of ether oxygens (including phenoxy) is 1. The number of fused-ring (bicyclic) bond motifs is 1.